The number of para-hydroxylation sites is 1. The van der Waals surface area contributed by atoms with E-state index in [0.717, 1.165) is 16.5 Å². The Hall–Kier alpha value is -2.33. The number of hydrogen-bond acceptors (Lipinski definition) is 4. The molecule has 94 valence electrons. The van der Waals surface area contributed by atoms with Crippen molar-refractivity contribution in [1.82, 2.24) is 9.97 Å². The van der Waals surface area contributed by atoms with Gasteiger partial charge >= 0.3 is 0 Å². The first-order valence-corrected chi connectivity index (χ1v) is 6.10. The summed E-state index contributed by atoms with van der Waals surface area (Å²) < 4.78 is 0. The molecule has 0 bridgehead atoms. The van der Waals surface area contributed by atoms with Crippen molar-refractivity contribution < 1.29 is 0 Å². The highest BCUT2D eigenvalue weighted by molar-refractivity contribution is 6.31. The predicted octanol–water partition coefficient (Wildman–Crippen LogP) is 3.11. The van der Waals surface area contributed by atoms with Crippen LogP contribution in [0, 0.1) is 0 Å². The summed E-state index contributed by atoms with van der Waals surface area (Å²) in [6.07, 6.45) is 0. The normalized spacial score (nSPS) is 10.8. The molecule has 1 aromatic heterocycles. The number of halogens is 1. The standard InChI is InChI=1S/C14H11ClN4/c15-8-5-6-11(16)10(7-8)13-9-3-1-2-4-12(9)18-14(17)19-13/h1-7H,16H2,(H2,17,18,19). The highest BCUT2D eigenvalue weighted by Gasteiger charge is 2.11. The summed E-state index contributed by atoms with van der Waals surface area (Å²) in [5, 5.41) is 1.50. The average molecular weight is 271 g/mol. The Morgan fingerprint density at radius 1 is 0.947 bits per heavy atom. The molecule has 19 heavy (non-hydrogen) atoms. The minimum absolute atomic E-state index is 0.216. The molecule has 0 fully saturated rings. The van der Waals surface area contributed by atoms with Gasteiger partial charge in [-0.1, -0.05) is 29.8 Å². The molecule has 0 aliphatic heterocycles. The van der Waals surface area contributed by atoms with Gasteiger partial charge in [0, 0.05) is 21.7 Å². The molecule has 3 rings (SSSR count). The van der Waals surface area contributed by atoms with E-state index in [2.05, 4.69) is 9.97 Å². The van der Waals surface area contributed by atoms with Gasteiger partial charge in [-0.15, -0.1) is 0 Å². The number of nitrogen functional groups attached to an aromatic ring is 2. The summed E-state index contributed by atoms with van der Waals surface area (Å²) in [5.41, 5.74) is 14.6. The van der Waals surface area contributed by atoms with Crippen LogP contribution in [0.25, 0.3) is 22.2 Å². The van der Waals surface area contributed by atoms with E-state index in [1.54, 1.807) is 18.2 Å². The summed E-state index contributed by atoms with van der Waals surface area (Å²) in [6.45, 7) is 0. The fourth-order valence-electron chi connectivity index (χ4n) is 2.03. The Labute approximate surface area is 115 Å². The predicted molar refractivity (Wildman–Crippen MR) is 78.8 cm³/mol. The zero-order valence-electron chi connectivity index (χ0n) is 9.97. The van der Waals surface area contributed by atoms with Gasteiger partial charge in [0.05, 0.1) is 11.2 Å². The van der Waals surface area contributed by atoms with Crippen LogP contribution in [0.1, 0.15) is 0 Å². The quantitative estimate of drug-likeness (QED) is 0.666. The molecule has 4 N–H and O–H groups in total. The van der Waals surface area contributed by atoms with E-state index in [4.69, 9.17) is 23.1 Å². The summed E-state index contributed by atoms with van der Waals surface area (Å²) in [7, 11) is 0. The van der Waals surface area contributed by atoms with Crippen molar-refractivity contribution in [3.8, 4) is 11.3 Å². The van der Waals surface area contributed by atoms with Gasteiger partial charge in [0.25, 0.3) is 0 Å². The van der Waals surface area contributed by atoms with Crippen molar-refractivity contribution in [2.45, 2.75) is 0 Å². The molecule has 5 heteroatoms. The maximum Gasteiger partial charge on any atom is 0.221 e. The van der Waals surface area contributed by atoms with Crippen LogP contribution in [0.5, 0.6) is 0 Å². The third-order valence-corrected chi connectivity index (χ3v) is 3.13. The topological polar surface area (TPSA) is 77.8 Å². The molecule has 0 aliphatic carbocycles. The summed E-state index contributed by atoms with van der Waals surface area (Å²) in [6, 6.07) is 12.9. The Morgan fingerprint density at radius 2 is 1.74 bits per heavy atom. The minimum Gasteiger partial charge on any atom is -0.398 e. The van der Waals surface area contributed by atoms with Gasteiger partial charge in [-0.25, -0.2) is 9.97 Å². The number of hydrogen-bond donors (Lipinski definition) is 2. The highest BCUT2D eigenvalue weighted by Crippen LogP contribution is 2.32. The fourth-order valence-corrected chi connectivity index (χ4v) is 2.21. The number of anilines is 2. The molecule has 2 aromatic carbocycles. The van der Waals surface area contributed by atoms with E-state index in [1.807, 2.05) is 24.3 Å². The van der Waals surface area contributed by atoms with Crippen molar-refractivity contribution in [2.75, 3.05) is 11.5 Å². The number of rotatable bonds is 1. The van der Waals surface area contributed by atoms with Crippen molar-refractivity contribution in [1.29, 1.82) is 0 Å². The van der Waals surface area contributed by atoms with Gasteiger partial charge in [0.1, 0.15) is 0 Å². The lowest BCUT2D eigenvalue weighted by molar-refractivity contribution is 1.24. The van der Waals surface area contributed by atoms with Crippen LogP contribution in [0.2, 0.25) is 5.02 Å². The first-order chi connectivity index (χ1) is 9.15. The summed E-state index contributed by atoms with van der Waals surface area (Å²) in [4.78, 5) is 8.51. The third-order valence-electron chi connectivity index (χ3n) is 2.89. The second-order valence-corrected chi connectivity index (χ2v) is 4.62. The Bertz CT molecular complexity index is 770. The maximum atomic E-state index is 6.03. The summed E-state index contributed by atoms with van der Waals surface area (Å²) >= 11 is 6.03. The highest BCUT2D eigenvalue weighted by atomic mass is 35.5. The van der Waals surface area contributed by atoms with Crippen LogP contribution in [0.15, 0.2) is 42.5 Å². The maximum absolute atomic E-state index is 6.03. The molecule has 3 aromatic rings. The van der Waals surface area contributed by atoms with Crippen molar-refractivity contribution >= 4 is 34.1 Å². The molecule has 0 aliphatic rings. The lowest BCUT2D eigenvalue weighted by Crippen LogP contribution is -1.99. The largest absolute Gasteiger partial charge is 0.398 e. The molecule has 1 heterocycles. The molecule has 0 amide bonds. The van der Waals surface area contributed by atoms with Crippen LogP contribution in [0.3, 0.4) is 0 Å². The van der Waals surface area contributed by atoms with Crippen molar-refractivity contribution in [2.24, 2.45) is 0 Å². The van der Waals surface area contributed by atoms with Crippen LogP contribution in [-0.4, -0.2) is 9.97 Å². The zero-order chi connectivity index (χ0) is 13.4. The smallest absolute Gasteiger partial charge is 0.221 e. The van der Waals surface area contributed by atoms with Crippen LogP contribution in [-0.2, 0) is 0 Å². The van der Waals surface area contributed by atoms with Gasteiger partial charge in [0.15, 0.2) is 0 Å². The molecule has 0 atom stereocenters. The van der Waals surface area contributed by atoms with E-state index < -0.39 is 0 Å². The van der Waals surface area contributed by atoms with Crippen LogP contribution < -0.4 is 11.5 Å². The van der Waals surface area contributed by atoms with Gasteiger partial charge in [-0.3, -0.25) is 0 Å². The van der Waals surface area contributed by atoms with Gasteiger partial charge in [-0.05, 0) is 24.3 Å². The number of benzene rings is 2. The Kier molecular flexibility index (Phi) is 2.72. The fraction of sp³-hybridized carbons (Fsp3) is 0. The molecule has 4 nitrogen and oxygen atoms in total. The Balaban J connectivity index is 2.38. The molecule has 0 unspecified atom stereocenters. The molecule has 0 spiro atoms. The Morgan fingerprint density at radius 3 is 2.58 bits per heavy atom. The van der Waals surface area contributed by atoms with Crippen LogP contribution in [0.4, 0.5) is 11.6 Å². The molecule has 0 radical (unpaired) electrons. The van der Waals surface area contributed by atoms with E-state index >= 15 is 0 Å². The van der Waals surface area contributed by atoms with E-state index in [1.165, 1.54) is 0 Å². The lowest BCUT2D eigenvalue weighted by atomic mass is 10.0. The average Bonchev–Trinajstić information content (AvgIpc) is 2.40. The molecular weight excluding hydrogens is 260 g/mol. The van der Waals surface area contributed by atoms with E-state index in [0.29, 0.717) is 16.4 Å². The first-order valence-electron chi connectivity index (χ1n) is 5.73. The minimum atomic E-state index is 0.216. The second kappa shape index (κ2) is 4.40. The number of nitrogens with zero attached hydrogens (tertiary/aromatic N) is 2. The van der Waals surface area contributed by atoms with E-state index in [-0.39, 0.29) is 5.95 Å². The van der Waals surface area contributed by atoms with Crippen molar-refractivity contribution in [3.63, 3.8) is 0 Å². The SMILES string of the molecule is Nc1nc(-c2cc(Cl)ccc2N)c2ccccc2n1. The molecular formula is C14H11ClN4. The number of fused-ring (bicyclic) bond motifs is 1. The van der Waals surface area contributed by atoms with E-state index in [9.17, 15) is 0 Å². The monoisotopic (exact) mass is 270 g/mol. The van der Waals surface area contributed by atoms with Gasteiger partial charge in [0.2, 0.25) is 5.95 Å². The number of aromatic nitrogens is 2. The molecule has 0 saturated heterocycles. The molecule has 0 saturated carbocycles. The van der Waals surface area contributed by atoms with Gasteiger partial charge in [-0.2, -0.15) is 0 Å². The van der Waals surface area contributed by atoms with Crippen molar-refractivity contribution in [3.05, 3.63) is 47.5 Å². The lowest BCUT2D eigenvalue weighted by Gasteiger charge is -2.09. The number of nitrogens with two attached hydrogens (primary N) is 2. The van der Waals surface area contributed by atoms with Gasteiger partial charge < -0.3 is 11.5 Å². The second-order valence-electron chi connectivity index (χ2n) is 4.18. The zero-order valence-corrected chi connectivity index (χ0v) is 10.7. The third kappa shape index (κ3) is 2.06. The first kappa shape index (κ1) is 11.7. The van der Waals surface area contributed by atoms with Crippen LogP contribution >= 0.6 is 11.6 Å². The summed E-state index contributed by atoms with van der Waals surface area (Å²) in [5.74, 6) is 0.216.